The highest BCUT2D eigenvalue weighted by Gasteiger charge is 2.13. The van der Waals surface area contributed by atoms with E-state index in [2.05, 4.69) is 35.5 Å². The van der Waals surface area contributed by atoms with Crippen LogP contribution in [0.4, 0.5) is 5.69 Å². The summed E-state index contributed by atoms with van der Waals surface area (Å²) in [4.78, 5) is 2.33. The standard InChI is InChI=1S/C14H22N2O/c1-11(10-17)15-9-12-5-6-14-13(8-12)4-3-7-16(14)2/h5-6,8,11,15,17H,3-4,7,9-10H2,1-2H3/t11-/m1/s1. The molecular weight excluding hydrogens is 212 g/mol. The molecule has 1 aliphatic rings. The van der Waals surface area contributed by atoms with E-state index in [1.165, 1.54) is 29.7 Å². The normalized spacial score (nSPS) is 16.8. The molecule has 0 saturated heterocycles. The fourth-order valence-corrected chi connectivity index (χ4v) is 2.31. The molecule has 3 nitrogen and oxygen atoms in total. The molecule has 0 amide bonds. The van der Waals surface area contributed by atoms with Crippen LogP contribution in [0.5, 0.6) is 0 Å². The first kappa shape index (κ1) is 12.4. The number of aliphatic hydroxyl groups excluding tert-OH is 1. The second-order valence-electron chi connectivity index (χ2n) is 4.95. The van der Waals surface area contributed by atoms with Gasteiger partial charge in [-0.05, 0) is 37.0 Å². The first-order chi connectivity index (χ1) is 8.20. The molecule has 0 aromatic heterocycles. The van der Waals surface area contributed by atoms with E-state index >= 15 is 0 Å². The van der Waals surface area contributed by atoms with Crippen molar-refractivity contribution in [1.29, 1.82) is 0 Å². The number of fused-ring (bicyclic) bond motifs is 1. The number of hydrogen-bond donors (Lipinski definition) is 2. The number of benzene rings is 1. The number of anilines is 1. The monoisotopic (exact) mass is 234 g/mol. The molecule has 2 N–H and O–H groups in total. The summed E-state index contributed by atoms with van der Waals surface area (Å²) < 4.78 is 0. The zero-order valence-corrected chi connectivity index (χ0v) is 10.7. The molecule has 1 heterocycles. The van der Waals surface area contributed by atoms with E-state index in [0.29, 0.717) is 0 Å². The predicted molar refractivity (Wildman–Crippen MR) is 71.4 cm³/mol. The van der Waals surface area contributed by atoms with E-state index < -0.39 is 0 Å². The lowest BCUT2D eigenvalue weighted by Gasteiger charge is -2.28. The van der Waals surface area contributed by atoms with Crippen LogP contribution in [-0.2, 0) is 13.0 Å². The fourth-order valence-electron chi connectivity index (χ4n) is 2.31. The smallest absolute Gasteiger partial charge is 0.0582 e. The molecule has 0 fully saturated rings. The maximum Gasteiger partial charge on any atom is 0.0582 e. The van der Waals surface area contributed by atoms with Crippen LogP contribution in [0.25, 0.3) is 0 Å². The topological polar surface area (TPSA) is 35.5 Å². The zero-order chi connectivity index (χ0) is 12.3. The van der Waals surface area contributed by atoms with Crippen LogP contribution < -0.4 is 10.2 Å². The van der Waals surface area contributed by atoms with E-state index in [9.17, 15) is 0 Å². The van der Waals surface area contributed by atoms with Crippen LogP contribution in [0.1, 0.15) is 24.5 Å². The van der Waals surface area contributed by atoms with E-state index in [4.69, 9.17) is 5.11 Å². The molecule has 0 unspecified atom stereocenters. The molecule has 0 saturated carbocycles. The van der Waals surface area contributed by atoms with Gasteiger partial charge in [0.05, 0.1) is 6.61 Å². The van der Waals surface area contributed by atoms with Gasteiger partial charge in [-0.2, -0.15) is 0 Å². The summed E-state index contributed by atoms with van der Waals surface area (Å²) in [5.41, 5.74) is 4.13. The highest BCUT2D eigenvalue weighted by molar-refractivity contribution is 5.56. The van der Waals surface area contributed by atoms with Gasteiger partial charge in [0.15, 0.2) is 0 Å². The van der Waals surface area contributed by atoms with Gasteiger partial charge in [0, 0.05) is 31.9 Å². The highest BCUT2D eigenvalue weighted by Crippen LogP contribution is 2.26. The van der Waals surface area contributed by atoms with Crippen LogP contribution in [0.2, 0.25) is 0 Å². The Balaban J connectivity index is 2.05. The second kappa shape index (κ2) is 5.52. The number of nitrogens with one attached hydrogen (secondary N) is 1. The lowest BCUT2D eigenvalue weighted by atomic mass is 9.99. The van der Waals surface area contributed by atoms with Crippen molar-refractivity contribution < 1.29 is 5.11 Å². The van der Waals surface area contributed by atoms with Gasteiger partial charge in [-0.1, -0.05) is 12.1 Å². The van der Waals surface area contributed by atoms with Crippen LogP contribution in [0.3, 0.4) is 0 Å². The number of aliphatic hydroxyl groups is 1. The quantitative estimate of drug-likeness (QED) is 0.829. The Kier molecular flexibility index (Phi) is 4.02. The van der Waals surface area contributed by atoms with Gasteiger partial charge < -0.3 is 15.3 Å². The summed E-state index contributed by atoms with van der Waals surface area (Å²) in [5.74, 6) is 0. The van der Waals surface area contributed by atoms with Gasteiger partial charge >= 0.3 is 0 Å². The Morgan fingerprint density at radius 2 is 2.29 bits per heavy atom. The summed E-state index contributed by atoms with van der Waals surface area (Å²) in [5, 5.41) is 12.3. The first-order valence-corrected chi connectivity index (χ1v) is 6.38. The largest absolute Gasteiger partial charge is 0.395 e. The molecule has 1 aliphatic heterocycles. The number of aryl methyl sites for hydroxylation is 1. The molecule has 3 heteroatoms. The summed E-state index contributed by atoms with van der Waals surface area (Å²) in [6, 6.07) is 6.85. The molecular formula is C14H22N2O. The molecule has 2 rings (SSSR count). The van der Waals surface area contributed by atoms with E-state index in [1.54, 1.807) is 0 Å². The van der Waals surface area contributed by atoms with Gasteiger partial charge in [-0.25, -0.2) is 0 Å². The lowest BCUT2D eigenvalue weighted by molar-refractivity contribution is 0.251. The van der Waals surface area contributed by atoms with Gasteiger partial charge in [0.25, 0.3) is 0 Å². The van der Waals surface area contributed by atoms with Gasteiger partial charge in [-0.3, -0.25) is 0 Å². The SMILES string of the molecule is C[C@H](CO)NCc1ccc2c(c1)CCCN2C. The van der Waals surface area contributed by atoms with E-state index in [1.807, 2.05) is 6.92 Å². The van der Waals surface area contributed by atoms with Gasteiger partial charge in [0.1, 0.15) is 0 Å². The lowest BCUT2D eigenvalue weighted by Crippen LogP contribution is -2.29. The van der Waals surface area contributed by atoms with E-state index in [-0.39, 0.29) is 12.6 Å². The maximum absolute atomic E-state index is 8.97. The Hall–Kier alpha value is -1.06. The molecule has 1 aromatic carbocycles. The third-order valence-corrected chi connectivity index (χ3v) is 3.42. The molecule has 0 aliphatic carbocycles. The van der Waals surface area contributed by atoms with Crippen LogP contribution in [0, 0.1) is 0 Å². The number of hydrogen-bond acceptors (Lipinski definition) is 3. The molecule has 0 spiro atoms. The maximum atomic E-state index is 8.97. The van der Waals surface area contributed by atoms with Crippen molar-refractivity contribution in [2.75, 3.05) is 25.1 Å². The minimum Gasteiger partial charge on any atom is -0.395 e. The molecule has 1 atom stereocenters. The summed E-state index contributed by atoms with van der Waals surface area (Å²) >= 11 is 0. The third kappa shape index (κ3) is 2.99. The van der Waals surface area contributed by atoms with Crippen LogP contribution in [0.15, 0.2) is 18.2 Å². The minimum absolute atomic E-state index is 0.161. The van der Waals surface area contributed by atoms with Crippen molar-refractivity contribution in [2.24, 2.45) is 0 Å². The van der Waals surface area contributed by atoms with E-state index in [0.717, 1.165) is 13.1 Å². The molecule has 0 bridgehead atoms. The molecule has 0 radical (unpaired) electrons. The van der Waals surface area contributed by atoms with Crippen molar-refractivity contribution in [3.05, 3.63) is 29.3 Å². The molecule has 17 heavy (non-hydrogen) atoms. The van der Waals surface area contributed by atoms with Gasteiger partial charge in [0.2, 0.25) is 0 Å². The van der Waals surface area contributed by atoms with Crippen LogP contribution >= 0.6 is 0 Å². The summed E-state index contributed by atoms with van der Waals surface area (Å²) in [7, 11) is 2.16. The highest BCUT2D eigenvalue weighted by atomic mass is 16.3. The van der Waals surface area contributed by atoms with Crippen molar-refractivity contribution in [1.82, 2.24) is 5.32 Å². The molecule has 94 valence electrons. The summed E-state index contributed by atoms with van der Waals surface area (Å²) in [6.45, 7) is 4.17. The summed E-state index contributed by atoms with van der Waals surface area (Å²) in [6.07, 6.45) is 2.43. The van der Waals surface area contributed by atoms with Crippen LogP contribution in [-0.4, -0.2) is 31.3 Å². The minimum atomic E-state index is 0.161. The Morgan fingerprint density at radius 1 is 1.47 bits per heavy atom. The number of nitrogens with zero attached hydrogens (tertiary/aromatic N) is 1. The Morgan fingerprint density at radius 3 is 3.06 bits per heavy atom. The average molecular weight is 234 g/mol. The third-order valence-electron chi connectivity index (χ3n) is 3.42. The Labute approximate surface area is 103 Å². The van der Waals surface area contributed by atoms with Gasteiger partial charge in [-0.15, -0.1) is 0 Å². The van der Waals surface area contributed by atoms with Crippen molar-refractivity contribution in [3.63, 3.8) is 0 Å². The zero-order valence-electron chi connectivity index (χ0n) is 10.7. The average Bonchev–Trinajstić information content (AvgIpc) is 2.36. The predicted octanol–water partition coefficient (Wildman–Crippen LogP) is 1.54. The van der Waals surface area contributed by atoms with Crippen molar-refractivity contribution >= 4 is 5.69 Å². The fraction of sp³-hybridized carbons (Fsp3) is 0.571. The van der Waals surface area contributed by atoms with Crippen molar-refractivity contribution in [3.8, 4) is 0 Å². The Bertz CT molecular complexity index is 378. The molecule has 1 aromatic rings. The number of rotatable bonds is 4. The van der Waals surface area contributed by atoms with Crippen molar-refractivity contribution in [2.45, 2.75) is 32.4 Å². The first-order valence-electron chi connectivity index (χ1n) is 6.38. The second-order valence-corrected chi connectivity index (χ2v) is 4.95.